The minimum Gasteiger partial charge on any atom is -0.508 e. The van der Waals surface area contributed by atoms with Crippen molar-refractivity contribution in [3.05, 3.63) is 41.7 Å². The van der Waals surface area contributed by atoms with Crippen molar-refractivity contribution < 1.29 is 5.11 Å². The zero-order chi connectivity index (χ0) is 13.0. The number of anilines is 1. The third kappa shape index (κ3) is 2.83. The molecular formula is C14H19N3O. The molecule has 1 heterocycles. The lowest BCUT2D eigenvalue weighted by Gasteiger charge is -2.10. The average Bonchev–Trinajstić information content (AvgIpc) is 2.79. The Labute approximate surface area is 107 Å². The van der Waals surface area contributed by atoms with Crippen molar-refractivity contribution in [3.8, 4) is 5.75 Å². The largest absolute Gasteiger partial charge is 0.508 e. The van der Waals surface area contributed by atoms with E-state index in [2.05, 4.69) is 17.3 Å². The fraction of sp³-hybridized carbons (Fsp3) is 0.357. The van der Waals surface area contributed by atoms with Gasteiger partial charge >= 0.3 is 0 Å². The van der Waals surface area contributed by atoms with E-state index in [0.29, 0.717) is 5.75 Å². The molecule has 1 aromatic heterocycles. The van der Waals surface area contributed by atoms with E-state index in [9.17, 15) is 5.11 Å². The molecule has 0 saturated carbocycles. The number of rotatable bonds is 5. The van der Waals surface area contributed by atoms with Gasteiger partial charge in [-0.15, -0.1) is 0 Å². The summed E-state index contributed by atoms with van der Waals surface area (Å²) in [5, 5.41) is 17.1. The maximum Gasteiger partial charge on any atom is 0.118 e. The number of aromatic nitrogens is 2. The van der Waals surface area contributed by atoms with Gasteiger partial charge in [0.05, 0.1) is 12.2 Å². The van der Waals surface area contributed by atoms with E-state index in [4.69, 9.17) is 0 Å². The van der Waals surface area contributed by atoms with Crippen LogP contribution in [-0.4, -0.2) is 14.9 Å². The summed E-state index contributed by atoms with van der Waals surface area (Å²) in [5.41, 5.74) is 3.05. The molecule has 2 aromatic rings. The van der Waals surface area contributed by atoms with E-state index in [-0.39, 0.29) is 0 Å². The van der Waals surface area contributed by atoms with Crippen molar-refractivity contribution >= 4 is 5.69 Å². The number of nitrogens with one attached hydrogen (secondary N) is 1. The molecule has 0 unspecified atom stereocenters. The van der Waals surface area contributed by atoms with Crippen molar-refractivity contribution in [1.29, 1.82) is 0 Å². The summed E-state index contributed by atoms with van der Waals surface area (Å²) in [7, 11) is 0. The maximum atomic E-state index is 9.47. The highest BCUT2D eigenvalue weighted by Crippen LogP contribution is 2.20. The number of aryl methyl sites for hydroxylation is 2. The summed E-state index contributed by atoms with van der Waals surface area (Å²) in [5.74, 6) is 0.330. The van der Waals surface area contributed by atoms with Crippen LogP contribution in [0, 0.1) is 6.92 Å². The molecule has 18 heavy (non-hydrogen) atoms. The third-order valence-electron chi connectivity index (χ3n) is 2.91. The quantitative estimate of drug-likeness (QED) is 0.796. The molecule has 0 saturated heterocycles. The molecule has 0 atom stereocenters. The Morgan fingerprint density at radius 3 is 2.89 bits per heavy atom. The molecule has 0 aliphatic carbocycles. The number of phenolic OH excluding ortho intramolecular Hbond substituents is 1. The smallest absolute Gasteiger partial charge is 0.118 e. The lowest BCUT2D eigenvalue weighted by Crippen LogP contribution is -2.08. The van der Waals surface area contributed by atoms with Gasteiger partial charge in [-0.1, -0.05) is 6.92 Å². The Bertz CT molecular complexity index is 520. The highest BCUT2D eigenvalue weighted by Gasteiger charge is 2.02. The van der Waals surface area contributed by atoms with Crippen molar-refractivity contribution in [1.82, 2.24) is 9.78 Å². The van der Waals surface area contributed by atoms with Gasteiger partial charge in [-0.25, -0.2) is 0 Å². The zero-order valence-electron chi connectivity index (χ0n) is 10.8. The van der Waals surface area contributed by atoms with Gasteiger partial charge in [0.1, 0.15) is 5.75 Å². The molecule has 1 aromatic carbocycles. The Kier molecular flexibility index (Phi) is 3.87. The predicted octanol–water partition coefficient (Wildman–Crippen LogP) is 2.92. The van der Waals surface area contributed by atoms with E-state index in [0.717, 1.165) is 30.8 Å². The molecule has 0 fully saturated rings. The molecule has 0 amide bonds. The summed E-state index contributed by atoms with van der Waals surface area (Å²) >= 11 is 0. The maximum absolute atomic E-state index is 9.47. The lowest BCUT2D eigenvalue weighted by atomic mass is 10.2. The van der Waals surface area contributed by atoms with Crippen molar-refractivity contribution in [2.75, 3.05) is 5.32 Å². The fourth-order valence-electron chi connectivity index (χ4n) is 1.88. The molecule has 2 rings (SSSR count). The van der Waals surface area contributed by atoms with Gasteiger partial charge in [-0.2, -0.15) is 5.10 Å². The Morgan fingerprint density at radius 1 is 1.33 bits per heavy atom. The van der Waals surface area contributed by atoms with Crippen LogP contribution >= 0.6 is 0 Å². The summed E-state index contributed by atoms with van der Waals surface area (Å²) in [6, 6.07) is 7.55. The van der Waals surface area contributed by atoms with E-state index in [1.165, 1.54) is 5.69 Å². The standard InChI is InChI=1S/C14H19N3O/c1-3-8-17-13(6-7-16-17)10-15-12-4-5-14(18)11(2)9-12/h4-7,9,15,18H,3,8,10H2,1-2H3. The summed E-state index contributed by atoms with van der Waals surface area (Å²) < 4.78 is 2.01. The summed E-state index contributed by atoms with van der Waals surface area (Å²) in [6.45, 7) is 5.72. The first kappa shape index (κ1) is 12.5. The highest BCUT2D eigenvalue weighted by atomic mass is 16.3. The molecule has 2 N–H and O–H groups in total. The molecule has 0 aliphatic rings. The minimum absolute atomic E-state index is 0.330. The van der Waals surface area contributed by atoms with E-state index >= 15 is 0 Å². The predicted molar refractivity (Wildman–Crippen MR) is 72.7 cm³/mol. The van der Waals surface area contributed by atoms with Crippen LogP contribution in [0.5, 0.6) is 5.75 Å². The summed E-state index contributed by atoms with van der Waals surface area (Å²) in [6.07, 6.45) is 2.90. The SMILES string of the molecule is CCCn1nccc1CNc1ccc(O)c(C)c1. The Hall–Kier alpha value is -1.97. The van der Waals surface area contributed by atoms with Crippen molar-refractivity contribution in [3.63, 3.8) is 0 Å². The van der Waals surface area contributed by atoms with Crippen LogP contribution < -0.4 is 5.32 Å². The molecule has 4 heteroatoms. The van der Waals surface area contributed by atoms with E-state index < -0.39 is 0 Å². The van der Waals surface area contributed by atoms with Gasteiger partial charge in [0.15, 0.2) is 0 Å². The average molecular weight is 245 g/mol. The first-order valence-electron chi connectivity index (χ1n) is 6.25. The first-order chi connectivity index (χ1) is 8.70. The fourth-order valence-corrected chi connectivity index (χ4v) is 1.88. The molecular weight excluding hydrogens is 226 g/mol. The Morgan fingerprint density at radius 2 is 2.17 bits per heavy atom. The monoisotopic (exact) mass is 245 g/mol. The van der Waals surface area contributed by atoms with Crippen LogP contribution in [0.2, 0.25) is 0 Å². The van der Waals surface area contributed by atoms with Gasteiger partial charge in [0, 0.05) is 18.4 Å². The molecule has 96 valence electrons. The first-order valence-corrected chi connectivity index (χ1v) is 6.25. The van der Waals surface area contributed by atoms with Crippen molar-refractivity contribution in [2.24, 2.45) is 0 Å². The highest BCUT2D eigenvalue weighted by molar-refractivity contribution is 5.50. The number of hydrogen-bond acceptors (Lipinski definition) is 3. The lowest BCUT2D eigenvalue weighted by molar-refractivity contribution is 0.471. The number of aromatic hydroxyl groups is 1. The van der Waals surface area contributed by atoms with E-state index in [1.54, 1.807) is 6.07 Å². The molecule has 0 spiro atoms. The topological polar surface area (TPSA) is 50.1 Å². The van der Waals surface area contributed by atoms with Crippen molar-refractivity contribution in [2.45, 2.75) is 33.4 Å². The van der Waals surface area contributed by atoms with Gasteiger partial charge in [0.2, 0.25) is 0 Å². The van der Waals surface area contributed by atoms with Crippen LogP contribution in [0.25, 0.3) is 0 Å². The van der Waals surface area contributed by atoms with Gasteiger partial charge in [-0.3, -0.25) is 4.68 Å². The second-order valence-corrected chi connectivity index (χ2v) is 4.40. The minimum atomic E-state index is 0.330. The number of benzene rings is 1. The van der Waals surface area contributed by atoms with Gasteiger partial charge in [0.25, 0.3) is 0 Å². The molecule has 0 bridgehead atoms. The van der Waals surface area contributed by atoms with Gasteiger partial charge < -0.3 is 10.4 Å². The van der Waals surface area contributed by atoms with E-state index in [1.807, 2.05) is 36.0 Å². The third-order valence-corrected chi connectivity index (χ3v) is 2.91. The molecule has 4 nitrogen and oxygen atoms in total. The second-order valence-electron chi connectivity index (χ2n) is 4.40. The van der Waals surface area contributed by atoms with Crippen LogP contribution in [-0.2, 0) is 13.1 Å². The number of phenols is 1. The zero-order valence-corrected chi connectivity index (χ0v) is 10.8. The number of nitrogens with zero attached hydrogens (tertiary/aromatic N) is 2. The normalized spacial score (nSPS) is 10.6. The summed E-state index contributed by atoms with van der Waals surface area (Å²) in [4.78, 5) is 0. The Balaban J connectivity index is 2.02. The van der Waals surface area contributed by atoms with Crippen LogP contribution in [0.15, 0.2) is 30.5 Å². The van der Waals surface area contributed by atoms with Crippen LogP contribution in [0.3, 0.4) is 0 Å². The van der Waals surface area contributed by atoms with Gasteiger partial charge in [-0.05, 0) is 43.2 Å². The molecule has 0 aliphatic heterocycles. The second kappa shape index (κ2) is 5.58. The van der Waals surface area contributed by atoms with Crippen LogP contribution in [0.4, 0.5) is 5.69 Å². The molecule has 0 radical (unpaired) electrons. The number of hydrogen-bond donors (Lipinski definition) is 2. The van der Waals surface area contributed by atoms with Crippen LogP contribution in [0.1, 0.15) is 24.6 Å².